The predicted octanol–water partition coefficient (Wildman–Crippen LogP) is 3.62. The van der Waals surface area contributed by atoms with Crippen LogP contribution in [0.15, 0.2) is 45.8 Å². The summed E-state index contributed by atoms with van der Waals surface area (Å²) in [6.45, 7) is 0. The maximum absolute atomic E-state index is 13.1. The van der Waals surface area contributed by atoms with Gasteiger partial charge in [0.05, 0.1) is 14.9 Å². The van der Waals surface area contributed by atoms with Crippen molar-refractivity contribution in [3.8, 4) is 5.75 Å². The van der Waals surface area contributed by atoms with Gasteiger partial charge < -0.3 is 5.11 Å². The molecule has 1 unspecified atom stereocenters. The Morgan fingerprint density at radius 3 is 2.36 bits per heavy atom. The Kier molecular flexibility index (Phi) is 4.59. The van der Waals surface area contributed by atoms with E-state index in [1.807, 2.05) is 0 Å². The zero-order valence-corrected chi connectivity index (χ0v) is 15.0. The summed E-state index contributed by atoms with van der Waals surface area (Å²) in [5, 5.41) is 9.70. The highest BCUT2D eigenvalue weighted by Crippen LogP contribution is 2.35. The van der Waals surface area contributed by atoms with Gasteiger partial charge in [-0.3, -0.25) is 0 Å². The van der Waals surface area contributed by atoms with Gasteiger partial charge in [-0.05, 0) is 64.2 Å². The van der Waals surface area contributed by atoms with Crippen LogP contribution in [0.1, 0.15) is 16.7 Å². The van der Waals surface area contributed by atoms with E-state index in [-0.39, 0.29) is 5.75 Å². The number of phenols is 1. The molecule has 3 rings (SSSR count). The lowest BCUT2D eigenvalue weighted by molar-refractivity contribution is -0.139. The smallest absolute Gasteiger partial charge is 0.417 e. The predicted molar refractivity (Wildman–Crippen MR) is 88.8 cm³/mol. The molecule has 1 aliphatic rings. The lowest BCUT2D eigenvalue weighted by atomic mass is 10.1. The zero-order valence-electron chi connectivity index (χ0n) is 12.6. The lowest BCUT2D eigenvalue weighted by Crippen LogP contribution is -2.36. The Balaban J connectivity index is 1.87. The number of hydrogen-bond donors (Lipinski definition) is 2. The zero-order chi connectivity index (χ0) is 18.4. The first kappa shape index (κ1) is 18.2. The summed E-state index contributed by atoms with van der Waals surface area (Å²) in [5.41, 5.74) is 0.400. The molecule has 1 atom stereocenters. The van der Waals surface area contributed by atoms with Crippen molar-refractivity contribution < 1.29 is 26.7 Å². The van der Waals surface area contributed by atoms with Crippen LogP contribution < -0.4 is 4.72 Å². The molecular weight excluding hydrogens is 423 g/mol. The number of benzene rings is 2. The SMILES string of the molecule is O=S(=O)(NC1Cc2cc(O)c(Br)cc2C1)c1ccccc1C(F)(F)F. The Bertz CT molecular complexity index is 898. The van der Waals surface area contributed by atoms with Gasteiger partial charge in [-0.1, -0.05) is 12.1 Å². The molecule has 1 aliphatic carbocycles. The van der Waals surface area contributed by atoms with E-state index < -0.39 is 32.7 Å². The monoisotopic (exact) mass is 435 g/mol. The van der Waals surface area contributed by atoms with E-state index in [2.05, 4.69) is 20.7 Å². The molecule has 0 saturated carbocycles. The second kappa shape index (κ2) is 6.30. The van der Waals surface area contributed by atoms with E-state index in [1.165, 1.54) is 12.1 Å². The molecule has 0 fully saturated rings. The normalized spacial score (nSPS) is 17.5. The second-order valence-corrected chi connectivity index (χ2v) is 8.33. The van der Waals surface area contributed by atoms with Crippen LogP contribution in [0.2, 0.25) is 0 Å². The molecule has 134 valence electrons. The standard InChI is InChI=1S/C16H13BrF3NO3S/c17-13-7-9-5-11(6-10(9)8-14(13)22)21-25(23,24)15-4-2-1-3-12(15)16(18,19)20/h1-4,7-8,11,21-22H,5-6H2. The maximum atomic E-state index is 13.1. The van der Waals surface area contributed by atoms with Gasteiger partial charge in [0.15, 0.2) is 0 Å². The van der Waals surface area contributed by atoms with Crippen molar-refractivity contribution in [2.75, 3.05) is 0 Å². The third kappa shape index (κ3) is 3.68. The molecule has 0 amide bonds. The fourth-order valence-corrected chi connectivity index (χ4v) is 4.79. The first-order valence-corrected chi connectivity index (χ1v) is 9.54. The van der Waals surface area contributed by atoms with Gasteiger partial charge in [-0.2, -0.15) is 13.2 Å². The van der Waals surface area contributed by atoms with E-state index in [1.54, 1.807) is 6.07 Å². The molecule has 2 aromatic rings. The van der Waals surface area contributed by atoms with Crippen LogP contribution >= 0.6 is 15.9 Å². The fourth-order valence-electron chi connectivity index (χ4n) is 2.93. The minimum absolute atomic E-state index is 0.0321. The van der Waals surface area contributed by atoms with Crippen LogP contribution in [0.4, 0.5) is 13.2 Å². The highest BCUT2D eigenvalue weighted by molar-refractivity contribution is 9.10. The molecule has 0 bridgehead atoms. The molecular formula is C16H13BrF3NO3S. The first-order valence-electron chi connectivity index (χ1n) is 7.27. The molecule has 2 N–H and O–H groups in total. The van der Waals surface area contributed by atoms with Gasteiger partial charge in [0, 0.05) is 6.04 Å². The van der Waals surface area contributed by atoms with Gasteiger partial charge >= 0.3 is 6.18 Å². The minimum Gasteiger partial charge on any atom is -0.507 e. The quantitative estimate of drug-likeness (QED) is 0.773. The minimum atomic E-state index is -4.76. The number of aromatic hydroxyl groups is 1. The third-order valence-corrected chi connectivity index (χ3v) is 6.22. The van der Waals surface area contributed by atoms with Crippen molar-refractivity contribution in [1.29, 1.82) is 0 Å². The topological polar surface area (TPSA) is 66.4 Å². The van der Waals surface area contributed by atoms with Crippen molar-refractivity contribution in [2.45, 2.75) is 30.0 Å². The molecule has 0 heterocycles. The van der Waals surface area contributed by atoms with Crippen molar-refractivity contribution in [2.24, 2.45) is 0 Å². The van der Waals surface area contributed by atoms with Crippen LogP contribution in [0.5, 0.6) is 5.75 Å². The van der Waals surface area contributed by atoms with E-state index in [0.717, 1.165) is 29.3 Å². The van der Waals surface area contributed by atoms with Crippen LogP contribution in [0.25, 0.3) is 0 Å². The second-order valence-electron chi connectivity index (χ2n) is 5.79. The van der Waals surface area contributed by atoms with Gasteiger partial charge in [0.25, 0.3) is 0 Å². The Labute approximate surface area is 150 Å². The molecule has 9 heteroatoms. The summed E-state index contributed by atoms with van der Waals surface area (Å²) in [4.78, 5) is -0.789. The molecule has 25 heavy (non-hydrogen) atoms. The van der Waals surface area contributed by atoms with Crippen LogP contribution in [0.3, 0.4) is 0 Å². The number of halogens is 4. The Morgan fingerprint density at radius 1 is 1.12 bits per heavy atom. The number of phenolic OH excluding ortho intramolecular Hbond substituents is 1. The molecule has 2 aromatic carbocycles. The van der Waals surface area contributed by atoms with Crippen LogP contribution in [0, 0.1) is 0 Å². The van der Waals surface area contributed by atoms with Gasteiger partial charge in [0.1, 0.15) is 5.75 Å². The van der Waals surface area contributed by atoms with Gasteiger partial charge in [-0.25, -0.2) is 13.1 Å². The third-order valence-electron chi connectivity index (χ3n) is 4.01. The van der Waals surface area contributed by atoms with Crippen LogP contribution in [-0.4, -0.2) is 19.6 Å². The molecule has 0 spiro atoms. The lowest BCUT2D eigenvalue weighted by Gasteiger charge is -2.16. The molecule has 0 aliphatic heterocycles. The molecule has 0 radical (unpaired) electrons. The van der Waals surface area contributed by atoms with Crippen molar-refractivity contribution >= 4 is 26.0 Å². The molecule has 0 aromatic heterocycles. The summed E-state index contributed by atoms with van der Waals surface area (Å²) < 4.78 is 67.0. The number of nitrogens with one attached hydrogen (secondary N) is 1. The Morgan fingerprint density at radius 2 is 1.72 bits per heavy atom. The molecule has 0 saturated heterocycles. The van der Waals surface area contributed by atoms with Crippen LogP contribution in [-0.2, 0) is 29.0 Å². The largest absolute Gasteiger partial charge is 0.507 e. The van der Waals surface area contributed by atoms with Crippen molar-refractivity contribution in [3.05, 3.63) is 57.6 Å². The van der Waals surface area contributed by atoms with E-state index in [9.17, 15) is 26.7 Å². The number of hydrogen-bond acceptors (Lipinski definition) is 3. The average Bonchev–Trinajstić information content (AvgIpc) is 2.87. The number of fused-ring (bicyclic) bond motifs is 1. The summed E-state index contributed by atoms with van der Waals surface area (Å²) in [6.07, 6.45) is -4.13. The van der Waals surface area contributed by atoms with Crippen molar-refractivity contribution in [1.82, 2.24) is 4.72 Å². The fraction of sp³-hybridized carbons (Fsp3) is 0.250. The summed E-state index contributed by atoms with van der Waals surface area (Å²) in [7, 11) is -4.34. The summed E-state index contributed by atoms with van der Waals surface area (Å²) >= 11 is 3.18. The highest BCUT2D eigenvalue weighted by Gasteiger charge is 2.38. The number of rotatable bonds is 3. The first-order chi connectivity index (χ1) is 11.6. The highest BCUT2D eigenvalue weighted by atomic mass is 79.9. The summed E-state index contributed by atoms with van der Waals surface area (Å²) in [5.74, 6) is 0.0321. The number of alkyl halides is 3. The van der Waals surface area contributed by atoms with Gasteiger partial charge in [0.2, 0.25) is 10.0 Å². The summed E-state index contributed by atoms with van der Waals surface area (Å²) in [6, 6.07) is 6.72. The van der Waals surface area contributed by atoms with Gasteiger partial charge in [-0.15, -0.1) is 0 Å². The van der Waals surface area contributed by atoms with E-state index in [0.29, 0.717) is 17.3 Å². The van der Waals surface area contributed by atoms with E-state index in [4.69, 9.17) is 0 Å². The maximum Gasteiger partial charge on any atom is 0.417 e. The number of sulfonamides is 1. The van der Waals surface area contributed by atoms with E-state index >= 15 is 0 Å². The molecule has 4 nitrogen and oxygen atoms in total. The average molecular weight is 436 g/mol. The van der Waals surface area contributed by atoms with Crippen molar-refractivity contribution in [3.63, 3.8) is 0 Å². The Hall–Kier alpha value is -1.58.